The van der Waals surface area contributed by atoms with Crippen LogP contribution in [0.15, 0.2) is 0 Å². The molecular formula is C15H32N2O3. The summed E-state index contributed by atoms with van der Waals surface area (Å²) in [5.41, 5.74) is 5.15. The van der Waals surface area contributed by atoms with E-state index in [2.05, 4.69) is 5.32 Å². The average molecular weight is 288 g/mol. The van der Waals surface area contributed by atoms with E-state index in [4.69, 9.17) is 15.2 Å². The molecule has 0 radical (unpaired) electrons. The minimum Gasteiger partial charge on any atom is -0.446 e. The van der Waals surface area contributed by atoms with Gasteiger partial charge in [-0.25, -0.2) is 4.79 Å². The SMILES string of the molecule is CCC(CCOCCCCCN)OC(=O)NC(C)(C)C. The Kier molecular flexibility index (Phi) is 10.5. The first-order valence-electron chi connectivity index (χ1n) is 7.65. The van der Waals surface area contributed by atoms with Crippen LogP contribution in [-0.4, -0.2) is 37.5 Å². The van der Waals surface area contributed by atoms with Crippen LogP contribution in [0.1, 0.15) is 59.8 Å². The summed E-state index contributed by atoms with van der Waals surface area (Å²) in [6.45, 7) is 9.93. The quantitative estimate of drug-likeness (QED) is 0.606. The summed E-state index contributed by atoms with van der Waals surface area (Å²) in [4.78, 5) is 11.6. The Labute approximate surface area is 123 Å². The predicted octanol–water partition coefficient (Wildman–Crippen LogP) is 2.83. The molecule has 3 N–H and O–H groups in total. The number of nitrogens with one attached hydrogen (secondary N) is 1. The number of amides is 1. The lowest BCUT2D eigenvalue weighted by Crippen LogP contribution is -2.42. The van der Waals surface area contributed by atoms with E-state index in [9.17, 15) is 4.79 Å². The second-order valence-electron chi connectivity index (χ2n) is 6.06. The van der Waals surface area contributed by atoms with Gasteiger partial charge in [0.2, 0.25) is 0 Å². The molecule has 0 bridgehead atoms. The summed E-state index contributed by atoms with van der Waals surface area (Å²) in [6.07, 6.45) is 4.31. The summed E-state index contributed by atoms with van der Waals surface area (Å²) >= 11 is 0. The van der Waals surface area contributed by atoms with Crippen molar-refractivity contribution < 1.29 is 14.3 Å². The molecule has 0 heterocycles. The molecule has 0 aromatic heterocycles. The largest absolute Gasteiger partial charge is 0.446 e. The van der Waals surface area contributed by atoms with Crippen LogP contribution in [0.2, 0.25) is 0 Å². The molecule has 0 aliphatic rings. The Morgan fingerprint density at radius 3 is 2.45 bits per heavy atom. The molecule has 0 saturated heterocycles. The van der Waals surface area contributed by atoms with Crippen molar-refractivity contribution >= 4 is 6.09 Å². The van der Waals surface area contributed by atoms with E-state index in [1.54, 1.807) is 0 Å². The molecule has 5 nitrogen and oxygen atoms in total. The van der Waals surface area contributed by atoms with Gasteiger partial charge in [0.15, 0.2) is 0 Å². The van der Waals surface area contributed by atoms with Crippen molar-refractivity contribution in [2.75, 3.05) is 19.8 Å². The van der Waals surface area contributed by atoms with Gasteiger partial charge in [0.1, 0.15) is 6.10 Å². The lowest BCUT2D eigenvalue weighted by molar-refractivity contribution is 0.0529. The first kappa shape index (κ1) is 19.2. The number of rotatable bonds is 10. The lowest BCUT2D eigenvalue weighted by Gasteiger charge is -2.23. The smallest absolute Gasteiger partial charge is 0.407 e. The van der Waals surface area contributed by atoms with Crippen LogP contribution < -0.4 is 11.1 Å². The third-order valence-electron chi connectivity index (χ3n) is 2.78. The third kappa shape index (κ3) is 12.2. The zero-order valence-corrected chi connectivity index (χ0v) is 13.5. The number of carbonyl (C=O) groups is 1. The van der Waals surface area contributed by atoms with Crippen LogP contribution in [0, 0.1) is 0 Å². The maximum Gasteiger partial charge on any atom is 0.407 e. The maximum atomic E-state index is 11.6. The summed E-state index contributed by atoms with van der Waals surface area (Å²) < 4.78 is 10.9. The molecule has 0 saturated carbocycles. The summed E-state index contributed by atoms with van der Waals surface area (Å²) in [7, 11) is 0. The van der Waals surface area contributed by atoms with Crippen molar-refractivity contribution in [3.05, 3.63) is 0 Å². The summed E-state index contributed by atoms with van der Waals surface area (Å²) in [5.74, 6) is 0. The number of ether oxygens (including phenoxy) is 2. The van der Waals surface area contributed by atoms with Gasteiger partial charge in [-0.15, -0.1) is 0 Å². The van der Waals surface area contributed by atoms with E-state index in [0.29, 0.717) is 6.61 Å². The van der Waals surface area contributed by atoms with Crippen LogP contribution in [0.3, 0.4) is 0 Å². The van der Waals surface area contributed by atoms with E-state index in [-0.39, 0.29) is 17.7 Å². The van der Waals surface area contributed by atoms with Crippen molar-refractivity contribution in [2.45, 2.75) is 71.4 Å². The van der Waals surface area contributed by atoms with Crippen LogP contribution in [0.5, 0.6) is 0 Å². The first-order chi connectivity index (χ1) is 9.39. The van der Waals surface area contributed by atoms with Crippen molar-refractivity contribution in [3.8, 4) is 0 Å². The Morgan fingerprint density at radius 1 is 1.20 bits per heavy atom. The van der Waals surface area contributed by atoms with E-state index >= 15 is 0 Å². The Balaban J connectivity index is 3.69. The van der Waals surface area contributed by atoms with E-state index in [0.717, 1.165) is 45.3 Å². The number of nitrogens with two attached hydrogens (primary N) is 1. The second-order valence-corrected chi connectivity index (χ2v) is 6.06. The Morgan fingerprint density at radius 2 is 1.90 bits per heavy atom. The van der Waals surface area contributed by atoms with Gasteiger partial charge in [0.05, 0.1) is 6.61 Å². The van der Waals surface area contributed by atoms with Gasteiger partial charge < -0.3 is 20.5 Å². The minimum absolute atomic E-state index is 0.0820. The fourth-order valence-corrected chi connectivity index (χ4v) is 1.68. The highest BCUT2D eigenvalue weighted by atomic mass is 16.6. The molecule has 20 heavy (non-hydrogen) atoms. The zero-order valence-electron chi connectivity index (χ0n) is 13.5. The van der Waals surface area contributed by atoms with E-state index in [1.165, 1.54) is 0 Å². The van der Waals surface area contributed by atoms with Crippen LogP contribution in [-0.2, 0) is 9.47 Å². The van der Waals surface area contributed by atoms with Crippen molar-refractivity contribution in [2.24, 2.45) is 5.73 Å². The molecule has 0 aliphatic heterocycles. The number of hydrogen-bond donors (Lipinski definition) is 2. The predicted molar refractivity (Wildman–Crippen MR) is 81.8 cm³/mol. The van der Waals surface area contributed by atoms with Gasteiger partial charge in [-0.05, 0) is 53.0 Å². The summed E-state index contributed by atoms with van der Waals surface area (Å²) in [6, 6.07) is 0. The molecule has 1 amide bonds. The molecule has 0 aliphatic carbocycles. The van der Waals surface area contributed by atoms with Crippen molar-refractivity contribution in [3.63, 3.8) is 0 Å². The fourth-order valence-electron chi connectivity index (χ4n) is 1.68. The van der Waals surface area contributed by atoms with Crippen molar-refractivity contribution in [1.82, 2.24) is 5.32 Å². The molecule has 0 spiro atoms. The topological polar surface area (TPSA) is 73.6 Å². The lowest BCUT2D eigenvalue weighted by atomic mass is 10.1. The Hall–Kier alpha value is -0.810. The molecule has 0 aromatic carbocycles. The number of carbonyl (C=O) groups excluding carboxylic acids is 1. The van der Waals surface area contributed by atoms with Crippen LogP contribution in [0.25, 0.3) is 0 Å². The molecule has 5 heteroatoms. The standard InChI is InChI=1S/C15H32N2O3/c1-5-13(20-14(18)17-15(2,3)4)9-12-19-11-8-6-7-10-16/h13H,5-12,16H2,1-4H3,(H,17,18). The normalized spacial score (nSPS) is 13.1. The summed E-state index contributed by atoms with van der Waals surface area (Å²) in [5, 5.41) is 2.79. The maximum absolute atomic E-state index is 11.6. The highest BCUT2D eigenvalue weighted by Gasteiger charge is 2.18. The number of alkyl carbamates (subject to hydrolysis) is 1. The highest BCUT2D eigenvalue weighted by molar-refractivity contribution is 5.68. The zero-order chi connectivity index (χ0) is 15.4. The molecule has 0 rings (SSSR count). The fraction of sp³-hybridized carbons (Fsp3) is 0.933. The molecular weight excluding hydrogens is 256 g/mol. The first-order valence-corrected chi connectivity index (χ1v) is 7.65. The van der Waals surface area contributed by atoms with Crippen LogP contribution in [0.4, 0.5) is 4.79 Å². The van der Waals surface area contributed by atoms with Gasteiger partial charge in [-0.2, -0.15) is 0 Å². The monoisotopic (exact) mass is 288 g/mol. The van der Waals surface area contributed by atoms with Gasteiger partial charge in [-0.1, -0.05) is 6.92 Å². The van der Waals surface area contributed by atoms with Crippen molar-refractivity contribution in [1.29, 1.82) is 0 Å². The molecule has 1 atom stereocenters. The average Bonchev–Trinajstić information content (AvgIpc) is 2.34. The van der Waals surface area contributed by atoms with Crippen LogP contribution >= 0.6 is 0 Å². The van der Waals surface area contributed by atoms with E-state index < -0.39 is 0 Å². The van der Waals surface area contributed by atoms with Gasteiger partial charge in [-0.3, -0.25) is 0 Å². The minimum atomic E-state index is -0.354. The highest BCUT2D eigenvalue weighted by Crippen LogP contribution is 2.07. The number of unbranched alkanes of at least 4 members (excludes halogenated alkanes) is 2. The molecule has 120 valence electrons. The van der Waals surface area contributed by atoms with Gasteiger partial charge in [0, 0.05) is 18.6 Å². The second kappa shape index (κ2) is 10.9. The Bertz CT molecular complexity index is 252. The molecule has 1 unspecified atom stereocenters. The molecule has 0 fully saturated rings. The number of hydrogen-bond acceptors (Lipinski definition) is 4. The molecule has 0 aromatic rings. The van der Waals surface area contributed by atoms with Gasteiger partial charge >= 0.3 is 6.09 Å². The van der Waals surface area contributed by atoms with Gasteiger partial charge in [0.25, 0.3) is 0 Å². The third-order valence-corrected chi connectivity index (χ3v) is 2.78. The van der Waals surface area contributed by atoms with E-state index in [1.807, 2.05) is 27.7 Å².